The molecule has 0 saturated heterocycles. The number of halogens is 1. The van der Waals surface area contributed by atoms with Crippen LogP contribution >= 0.6 is 20.8 Å². The molecule has 3 aromatic carbocycles. The van der Waals surface area contributed by atoms with E-state index in [0.29, 0.717) is 0 Å². The summed E-state index contributed by atoms with van der Waals surface area (Å²) in [6.45, 7) is 9.05. The quantitative estimate of drug-likeness (QED) is 0.477. The van der Waals surface area contributed by atoms with Gasteiger partial charge in [-0.2, -0.15) is 0 Å². The van der Waals surface area contributed by atoms with Crippen LogP contribution in [0, 0.1) is 20.8 Å². The van der Waals surface area contributed by atoms with E-state index >= 15 is 0 Å². The van der Waals surface area contributed by atoms with Crippen molar-refractivity contribution in [3.63, 3.8) is 0 Å². The summed E-state index contributed by atoms with van der Waals surface area (Å²) < 4.78 is 0. The van der Waals surface area contributed by atoms with Crippen molar-refractivity contribution < 1.29 is 0 Å². The molecule has 0 aromatic heterocycles. The van der Waals surface area contributed by atoms with E-state index in [4.69, 9.17) is 0 Å². The van der Waals surface area contributed by atoms with Gasteiger partial charge in [0, 0.05) is 0 Å². The molecular formula is C23H26BrP. The molecule has 0 saturated carbocycles. The zero-order valence-corrected chi connectivity index (χ0v) is 17.9. The van der Waals surface area contributed by atoms with Crippen LogP contribution in [-0.2, 0) is 0 Å². The molecule has 0 unspecified atom stereocenters. The van der Waals surface area contributed by atoms with Crippen molar-refractivity contribution in [2.45, 2.75) is 27.7 Å². The molecule has 0 amide bonds. The Morgan fingerprint density at radius 3 is 1.12 bits per heavy atom. The molecule has 0 fully saturated rings. The van der Waals surface area contributed by atoms with E-state index in [9.17, 15) is 0 Å². The predicted octanol–water partition coefficient (Wildman–Crippen LogP) is 5.77. The van der Waals surface area contributed by atoms with Gasteiger partial charge in [-0.05, 0) is 0 Å². The first-order valence-electron chi connectivity index (χ1n) is 8.85. The number of hydrogen-bond donors (Lipinski definition) is 0. The Hall–Kier alpha value is -1.43. The van der Waals surface area contributed by atoms with Gasteiger partial charge in [-0.1, -0.05) is 0 Å². The SMILES string of the molecule is CCP(Br)(c1ccccc1C)(c1ccccc1C)c1ccccc1C. The van der Waals surface area contributed by atoms with Crippen molar-refractivity contribution in [3.05, 3.63) is 89.5 Å². The van der Waals surface area contributed by atoms with Gasteiger partial charge in [0.2, 0.25) is 0 Å². The third kappa shape index (κ3) is 2.69. The Labute approximate surface area is 160 Å². The summed E-state index contributed by atoms with van der Waals surface area (Å²) in [6, 6.07) is 26.6. The van der Waals surface area contributed by atoms with Crippen molar-refractivity contribution >= 4 is 36.7 Å². The van der Waals surface area contributed by atoms with Gasteiger partial charge >= 0.3 is 160 Å². The van der Waals surface area contributed by atoms with Gasteiger partial charge in [0.25, 0.3) is 0 Å². The molecule has 0 aliphatic heterocycles. The van der Waals surface area contributed by atoms with Gasteiger partial charge in [-0.3, -0.25) is 0 Å². The molecule has 0 aliphatic rings. The van der Waals surface area contributed by atoms with Crippen molar-refractivity contribution in [2.75, 3.05) is 6.16 Å². The minimum absolute atomic E-state index is 1.05. The summed E-state index contributed by atoms with van der Waals surface area (Å²) >= 11 is 4.50. The fraction of sp³-hybridized carbons (Fsp3) is 0.217. The Balaban J connectivity index is 2.55. The first kappa shape index (κ1) is 18.4. The standard InChI is InChI=1S/C23H26BrP/c1-5-25(24,21-15-9-6-12-18(21)2,22-16-10-7-13-19(22)3)23-17-11-8-14-20(23)4/h6-17H,5H2,1-4H3. The summed E-state index contributed by atoms with van der Waals surface area (Å²) in [4.78, 5) is 0. The van der Waals surface area contributed by atoms with Crippen LogP contribution in [0.1, 0.15) is 23.6 Å². The van der Waals surface area contributed by atoms with Gasteiger partial charge in [-0.15, -0.1) is 0 Å². The van der Waals surface area contributed by atoms with E-state index in [0.717, 1.165) is 6.16 Å². The van der Waals surface area contributed by atoms with Crippen molar-refractivity contribution in [1.29, 1.82) is 0 Å². The third-order valence-corrected chi connectivity index (χ3v) is 16.1. The second-order valence-electron chi connectivity index (χ2n) is 6.86. The molecule has 2 heteroatoms. The molecule has 25 heavy (non-hydrogen) atoms. The van der Waals surface area contributed by atoms with Crippen LogP contribution in [0.3, 0.4) is 0 Å². The van der Waals surface area contributed by atoms with E-state index in [2.05, 4.69) is 116 Å². The average Bonchev–Trinajstić information content (AvgIpc) is 2.62. The maximum absolute atomic E-state index is 4.50. The first-order valence-corrected chi connectivity index (χ1v) is 13.3. The molecule has 0 radical (unpaired) electrons. The predicted molar refractivity (Wildman–Crippen MR) is 119 cm³/mol. The van der Waals surface area contributed by atoms with Crippen LogP contribution in [0.25, 0.3) is 0 Å². The van der Waals surface area contributed by atoms with E-state index in [-0.39, 0.29) is 0 Å². The number of benzene rings is 3. The number of rotatable bonds is 4. The molecule has 0 bridgehead atoms. The Bertz CT molecular complexity index is 800. The van der Waals surface area contributed by atoms with E-state index in [1.54, 1.807) is 0 Å². The first-order chi connectivity index (χ1) is 11.9. The minimum atomic E-state index is -2.73. The summed E-state index contributed by atoms with van der Waals surface area (Å²) in [6.07, 6.45) is 1.05. The van der Waals surface area contributed by atoms with Gasteiger partial charge in [-0.25, -0.2) is 0 Å². The maximum atomic E-state index is 4.50. The molecule has 0 spiro atoms. The van der Waals surface area contributed by atoms with Crippen LogP contribution in [0.5, 0.6) is 0 Å². The summed E-state index contributed by atoms with van der Waals surface area (Å²) in [7, 11) is 0. The monoisotopic (exact) mass is 412 g/mol. The van der Waals surface area contributed by atoms with Crippen LogP contribution in [0.2, 0.25) is 0 Å². The second-order valence-corrected chi connectivity index (χ2v) is 16.0. The van der Waals surface area contributed by atoms with Crippen LogP contribution in [0.4, 0.5) is 0 Å². The normalized spacial score (nSPS) is 13.2. The van der Waals surface area contributed by atoms with Gasteiger partial charge in [0.05, 0.1) is 0 Å². The second kappa shape index (κ2) is 6.71. The molecule has 130 valence electrons. The average molecular weight is 413 g/mol. The summed E-state index contributed by atoms with van der Waals surface area (Å²) in [5.74, 6) is 0. The Morgan fingerprint density at radius 1 is 0.600 bits per heavy atom. The van der Waals surface area contributed by atoms with Crippen LogP contribution < -0.4 is 15.9 Å². The fourth-order valence-corrected chi connectivity index (χ4v) is 13.2. The molecular weight excluding hydrogens is 387 g/mol. The van der Waals surface area contributed by atoms with Crippen molar-refractivity contribution in [2.24, 2.45) is 0 Å². The van der Waals surface area contributed by atoms with Crippen LogP contribution in [-0.4, -0.2) is 6.16 Å². The molecule has 0 nitrogen and oxygen atoms in total. The molecule has 0 atom stereocenters. The van der Waals surface area contributed by atoms with Crippen molar-refractivity contribution in [1.82, 2.24) is 0 Å². The van der Waals surface area contributed by atoms with E-state index in [1.165, 1.54) is 32.6 Å². The molecule has 3 aromatic rings. The fourth-order valence-electron chi connectivity index (χ4n) is 4.16. The van der Waals surface area contributed by atoms with E-state index < -0.39 is 5.31 Å². The Morgan fingerprint density at radius 2 is 0.880 bits per heavy atom. The van der Waals surface area contributed by atoms with Gasteiger partial charge < -0.3 is 0 Å². The van der Waals surface area contributed by atoms with Crippen molar-refractivity contribution in [3.8, 4) is 0 Å². The summed E-state index contributed by atoms with van der Waals surface area (Å²) in [5, 5.41) is 1.60. The van der Waals surface area contributed by atoms with Crippen LogP contribution in [0.15, 0.2) is 72.8 Å². The number of aryl methyl sites for hydroxylation is 3. The number of hydrogen-bond acceptors (Lipinski definition) is 0. The molecule has 0 heterocycles. The topological polar surface area (TPSA) is 0 Å². The molecule has 0 aliphatic carbocycles. The Kier molecular flexibility index (Phi) is 4.93. The molecule has 3 rings (SSSR count). The zero-order chi connectivity index (χ0) is 18.1. The third-order valence-electron chi connectivity index (χ3n) is 5.45. The van der Waals surface area contributed by atoms with E-state index in [1.807, 2.05) is 0 Å². The van der Waals surface area contributed by atoms with Gasteiger partial charge in [0.15, 0.2) is 0 Å². The molecule has 0 N–H and O–H groups in total. The van der Waals surface area contributed by atoms with Gasteiger partial charge in [0.1, 0.15) is 0 Å². The zero-order valence-electron chi connectivity index (χ0n) is 15.5. The summed E-state index contributed by atoms with van der Waals surface area (Å²) in [5.41, 5.74) is 4.06.